The molecular weight excluding hydrogens is 372 g/mol. The van der Waals surface area contributed by atoms with Crippen LogP contribution >= 0.6 is 22.7 Å². The van der Waals surface area contributed by atoms with Gasteiger partial charge in [-0.05, 0) is 36.6 Å². The Morgan fingerprint density at radius 3 is 2.77 bits per heavy atom. The number of benzene rings is 1. The van der Waals surface area contributed by atoms with Crippen molar-refractivity contribution in [3.63, 3.8) is 0 Å². The average molecular weight is 388 g/mol. The van der Waals surface area contributed by atoms with E-state index < -0.39 is 0 Å². The Balaban J connectivity index is 1.62. The zero-order valence-corrected chi connectivity index (χ0v) is 15.6. The van der Waals surface area contributed by atoms with Gasteiger partial charge in [-0.2, -0.15) is 0 Å². The maximum atomic E-state index is 12.1. The molecule has 0 aliphatic rings. The topological polar surface area (TPSA) is 85.4 Å². The molecule has 6 nitrogen and oxygen atoms in total. The third kappa shape index (κ3) is 4.33. The number of Topliss-reactive ketones (excluding diaryl/α,β-unsaturated/α-hetero) is 1. The molecule has 1 N–H and O–H groups in total. The fourth-order valence-electron chi connectivity index (χ4n) is 2.29. The van der Waals surface area contributed by atoms with Gasteiger partial charge in [-0.25, -0.2) is 9.78 Å². The van der Waals surface area contributed by atoms with Gasteiger partial charge in [0.1, 0.15) is 0 Å². The van der Waals surface area contributed by atoms with Crippen molar-refractivity contribution in [3.8, 4) is 0 Å². The summed E-state index contributed by atoms with van der Waals surface area (Å²) in [7, 11) is 0. The number of thiophene rings is 1. The lowest BCUT2D eigenvalue weighted by Gasteiger charge is -2.00. The molecule has 1 aromatic carbocycles. The summed E-state index contributed by atoms with van der Waals surface area (Å²) in [6.45, 7) is 2.06. The monoisotopic (exact) mass is 388 g/mol. The van der Waals surface area contributed by atoms with Gasteiger partial charge in [0.25, 0.3) is 0 Å². The summed E-state index contributed by atoms with van der Waals surface area (Å²) in [5.74, 6) is -0.696. The number of ether oxygens (including phenoxy) is 1. The molecule has 2 aromatic heterocycles. The van der Waals surface area contributed by atoms with Crippen LogP contribution < -0.4 is 5.32 Å². The summed E-state index contributed by atoms with van der Waals surface area (Å²) >= 11 is 2.64. The highest BCUT2D eigenvalue weighted by atomic mass is 32.1. The van der Waals surface area contributed by atoms with Crippen LogP contribution in [0.1, 0.15) is 39.8 Å². The van der Waals surface area contributed by atoms with Crippen LogP contribution in [0.5, 0.6) is 0 Å². The van der Waals surface area contributed by atoms with Gasteiger partial charge in [-0.1, -0.05) is 17.4 Å². The largest absolute Gasteiger partial charge is 0.462 e. The maximum Gasteiger partial charge on any atom is 0.338 e. The molecule has 0 atom stereocenters. The highest BCUT2D eigenvalue weighted by Crippen LogP contribution is 2.27. The van der Waals surface area contributed by atoms with Gasteiger partial charge >= 0.3 is 5.97 Å². The maximum absolute atomic E-state index is 12.1. The predicted molar refractivity (Wildman–Crippen MR) is 102 cm³/mol. The van der Waals surface area contributed by atoms with E-state index in [4.69, 9.17) is 4.74 Å². The van der Waals surface area contributed by atoms with E-state index in [9.17, 15) is 14.4 Å². The lowest BCUT2D eigenvalue weighted by molar-refractivity contribution is -0.116. The average Bonchev–Trinajstić information content (AvgIpc) is 3.28. The first-order valence-electron chi connectivity index (χ1n) is 8.01. The van der Waals surface area contributed by atoms with Gasteiger partial charge in [0.2, 0.25) is 5.91 Å². The number of carbonyl (C=O) groups is 3. The highest BCUT2D eigenvalue weighted by molar-refractivity contribution is 7.22. The third-order valence-corrected chi connectivity index (χ3v) is 5.37. The summed E-state index contributed by atoms with van der Waals surface area (Å²) in [4.78, 5) is 40.8. The van der Waals surface area contributed by atoms with Crippen molar-refractivity contribution in [1.82, 2.24) is 4.98 Å². The first-order valence-corrected chi connectivity index (χ1v) is 9.70. The number of aromatic nitrogens is 1. The Morgan fingerprint density at radius 1 is 1.19 bits per heavy atom. The molecule has 3 rings (SSSR count). The molecule has 0 saturated carbocycles. The summed E-state index contributed by atoms with van der Waals surface area (Å²) in [5, 5.41) is 4.98. The summed E-state index contributed by atoms with van der Waals surface area (Å²) in [6, 6.07) is 8.61. The minimum atomic E-state index is -0.388. The van der Waals surface area contributed by atoms with Crippen molar-refractivity contribution in [1.29, 1.82) is 0 Å². The minimum absolute atomic E-state index is 0.0430. The standard InChI is InChI=1S/C18H16N2O4S2/c1-2-24-17(23)11-5-6-12-15(10-11)26-18(19-12)20-16(22)8-7-13(21)14-4-3-9-25-14/h3-6,9-10H,2,7-8H2,1H3,(H,19,20,22). The van der Waals surface area contributed by atoms with Gasteiger partial charge in [-0.3, -0.25) is 9.59 Å². The number of anilines is 1. The SMILES string of the molecule is CCOC(=O)c1ccc2nc(NC(=O)CCC(=O)c3cccs3)sc2c1. The molecule has 134 valence electrons. The van der Waals surface area contributed by atoms with Gasteiger partial charge in [0, 0.05) is 12.8 Å². The molecule has 2 heterocycles. The molecule has 0 aliphatic carbocycles. The normalized spacial score (nSPS) is 10.7. The van der Waals surface area contributed by atoms with Crippen molar-refractivity contribution in [3.05, 3.63) is 46.2 Å². The first kappa shape index (κ1) is 18.2. The molecule has 0 bridgehead atoms. The molecule has 0 saturated heterocycles. The van der Waals surface area contributed by atoms with Crippen LogP contribution in [0, 0.1) is 0 Å². The van der Waals surface area contributed by atoms with Crippen LogP contribution in [0.25, 0.3) is 10.2 Å². The van der Waals surface area contributed by atoms with Crippen molar-refractivity contribution in [2.24, 2.45) is 0 Å². The second kappa shape index (κ2) is 8.20. The Labute approximate surface area is 157 Å². The summed E-state index contributed by atoms with van der Waals surface area (Å²) in [5.41, 5.74) is 1.13. The Kier molecular flexibility index (Phi) is 5.75. The van der Waals surface area contributed by atoms with Crippen LogP contribution in [0.2, 0.25) is 0 Å². The Bertz CT molecular complexity index is 947. The molecule has 8 heteroatoms. The van der Waals surface area contributed by atoms with Crippen molar-refractivity contribution >= 4 is 55.7 Å². The molecule has 3 aromatic rings. The molecule has 0 spiro atoms. The Morgan fingerprint density at radius 2 is 2.04 bits per heavy atom. The third-order valence-electron chi connectivity index (χ3n) is 3.52. The predicted octanol–water partition coefficient (Wildman–Crippen LogP) is 4.14. The first-order chi connectivity index (χ1) is 12.6. The zero-order valence-electron chi connectivity index (χ0n) is 14.0. The van der Waals surface area contributed by atoms with E-state index in [1.807, 2.05) is 11.4 Å². The van der Waals surface area contributed by atoms with E-state index in [0.29, 0.717) is 27.7 Å². The molecule has 0 unspecified atom stereocenters. The number of fused-ring (bicyclic) bond motifs is 1. The van der Waals surface area contributed by atoms with E-state index >= 15 is 0 Å². The fourth-order valence-corrected chi connectivity index (χ4v) is 3.90. The molecule has 0 radical (unpaired) electrons. The quantitative estimate of drug-likeness (QED) is 0.486. The molecule has 1 amide bonds. The second-order valence-corrected chi connectivity index (χ2v) is 7.35. The number of carbonyl (C=O) groups excluding carboxylic acids is 3. The minimum Gasteiger partial charge on any atom is -0.462 e. The zero-order chi connectivity index (χ0) is 18.5. The van der Waals surface area contributed by atoms with Gasteiger partial charge in [0.05, 0.1) is 27.3 Å². The summed E-state index contributed by atoms with van der Waals surface area (Å²) < 4.78 is 5.76. The van der Waals surface area contributed by atoms with Crippen LogP contribution in [0.4, 0.5) is 5.13 Å². The number of rotatable bonds is 7. The van der Waals surface area contributed by atoms with Crippen LogP contribution in [-0.4, -0.2) is 29.3 Å². The Hall–Kier alpha value is -2.58. The lowest BCUT2D eigenvalue weighted by Crippen LogP contribution is -2.12. The van der Waals surface area contributed by atoms with E-state index in [-0.39, 0.29) is 30.5 Å². The number of amides is 1. The highest BCUT2D eigenvalue weighted by Gasteiger charge is 2.13. The molecule has 0 aliphatic heterocycles. The second-order valence-electron chi connectivity index (χ2n) is 5.37. The van der Waals surface area contributed by atoms with Crippen LogP contribution in [-0.2, 0) is 9.53 Å². The lowest BCUT2D eigenvalue weighted by atomic mass is 10.2. The van der Waals surface area contributed by atoms with Crippen molar-refractivity contribution in [2.75, 3.05) is 11.9 Å². The number of nitrogens with zero attached hydrogens (tertiary/aromatic N) is 1. The van der Waals surface area contributed by atoms with Gasteiger partial charge < -0.3 is 10.1 Å². The number of ketones is 1. The van der Waals surface area contributed by atoms with E-state index in [1.165, 1.54) is 22.7 Å². The van der Waals surface area contributed by atoms with Crippen LogP contribution in [0.3, 0.4) is 0 Å². The van der Waals surface area contributed by atoms with Crippen molar-refractivity contribution in [2.45, 2.75) is 19.8 Å². The smallest absolute Gasteiger partial charge is 0.338 e. The number of nitrogens with one attached hydrogen (secondary N) is 1. The van der Waals surface area contributed by atoms with Gasteiger partial charge in [0.15, 0.2) is 10.9 Å². The van der Waals surface area contributed by atoms with E-state index in [2.05, 4.69) is 10.3 Å². The molecule has 26 heavy (non-hydrogen) atoms. The molecule has 0 fully saturated rings. The number of esters is 1. The van der Waals surface area contributed by atoms with E-state index in [1.54, 1.807) is 31.2 Å². The number of thiazole rings is 1. The van der Waals surface area contributed by atoms with Crippen molar-refractivity contribution < 1.29 is 19.1 Å². The number of hydrogen-bond donors (Lipinski definition) is 1. The fraction of sp³-hybridized carbons (Fsp3) is 0.222. The molecular formula is C18H16N2O4S2. The van der Waals surface area contributed by atoms with Gasteiger partial charge in [-0.15, -0.1) is 11.3 Å². The van der Waals surface area contributed by atoms with Crippen LogP contribution in [0.15, 0.2) is 35.7 Å². The summed E-state index contributed by atoms with van der Waals surface area (Å²) in [6.07, 6.45) is 0.255. The van der Waals surface area contributed by atoms with E-state index in [0.717, 1.165) is 4.70 Å². The number of hydrogen-bond acceptors (Lipinski definition) is 7.